The molecule has 1 fully saturated rings. The van der Waals surface area contributed by atoms with Gasteiger partial charge < -0.3 is 9.80 Å². The van der Waals surface area contributed by atoms with Gasteiger partial charge in [0.1, 0.15) is 0 Å². The number of benzene rings is 2. The third kappa shape index (κ3) is 3.20. The van der Waals surface area contributed by atoms with Gasteiger partial charge in [0.15, 0.2) is 0 Å². The van der Waals surface area contributed by atoms with Gasteiger partial charge in [-0.3, -0.25) is 0 Å². The molecule has 1 saturated heterocycles. The molecule has 1 heterocycles. The molecule has 0 unspecified atom stereocenters. The maximum absolute atomic E-state index is 3.30. The van der Waals surface area contributed by atoms with Crippen molar-refractivity contribution < 1.29 is 0 Å². The first-order valence-electron chi connectivity index (χ1n) is 7.29. The summed E-state index contributed by atoms with van der Waals surface area (Å²) in [5.41, 5.74) is 4.01. The molecular formula is C18H21N2. The highest BCUT2D eigenvalue weighted by molar-refractivity contribution is 5.49. The molecule has 1 aliphatic rings. The number of likely N-dealkylation sites (N-methyl/N-ethyl adjacent to an activating group) is 1. The summed E-state index contributed by atoms with van der Waals surface area (Å²) in [6, 6.07) is 20.5. The smallest absolute Gasteiger partial charge is 0.0376 e. The van der Waals surface area contributed by atoms with Crippen LogP contribution in [0.2, 0.25) is 0 Å². The maximum Gasteiger partial charge on any atom is 0.0376 e. The molecule has 1 radical (unpaired) electrons. The summed E-state index contributed by atoms with van der Waals surface area (Å²) in [6.45, 7) is 4.50. The second-order valence-electron chi connectivity index (χ2n) is 5.55. The van der Waals surface area contributed by atoms with Crippen LogP contribution >= 0.6 is 0 Å². The van der Waals surface area contributed by atoms with Crippen LogP contribution in [0.15, 0.2) is 48.5 Å². The van der Waals surface area contributed by atoms with Crippen molar-refractivity contribution in [2.75, 3.05) is 38.1 Å². The Hall–Kier alpha value is -1.80. The summed E-state index contributed by atoms with van der Waals surface area (Å²) in [6.07, 6.45) is 0.985. The molecule has 0 N–H and O–H groups in total. The number of piperazine rings is 1. The number of hydrogen-bond donors (Lipinski definition) is 0. The lowest BCUT2D eigenvalue weighted by molar-refractivity contribution is 0.313. The first-order chi connectivity index (χ1) is 9.81. The molecule has 0 bridgehead atoms. The normalized spacial score (nSPS) is 16.4. The lowest BCUT2D eigenvalue weighted by Gasteiger charge is -2.34. The molecule has 1 aliphatic heterocycles. The topological polar surface area (TPSA) is 6.48 Å². The summed E-state index contributed by atoms with van der Waals surface area (Å²) in [7, 11) is 2.19. The molecule has 3 rings (SSSR count). The largest absolute Gasteiger partial charge is 0.369 e. The molecule has 0 amide bonds. The van der Waals surface area contributed by atoms with Crippen molar-refractivity contribution in [3.05, 3.63) is 65.7 Å². The van der Waals surface area contributed by atoms with Crippen molar-refractivity contribution in [2.24, 2.45) is 0 Å². The first kappa shape index (κ1) is 13.2. The average Bonchev–Trinajstić information content (AvgIpc) is 2.49. The predicted molar refractivity (Wildman–Crippen MR) is 84.2 cm³/mol. The minimum Gasteiger partial charge on any atom is -0.369 e. The van der Waals surface area contributed by atoms with Crippen LogP contribution in [-0.4, -0.2) is 38.1 Å². The van der Waals surface area contributed by atoms with Crippen molar-refractivity contribution >= 4 is 5.69 Å². The average molecular weight is 265 g/mol. The van der Waals surface area contributed by atoms with Gasteiger partial charge in [-0.2, -0.15) is 0 Å². The molecule has 103 valence electrons. The van der Waals surface area contributed by atoms with Gasteiger partial charge in [0.25, 0.3) is 0 Å². The van der Waals surface area contributed by atoms with E-state index in [9.17, 15) is 0 Å². The molecule has 2 aromatic rings. The number of nitrogens with zero attached hydrogens (tertiary/aromatic N) is 2. The van der Waals surface area contributed by atoms with Crippen LogP contribution in [0.5, 0.6) is 0 Å². The monoisotopic (exact) mass is 265 g/mol. The summed E-state index contributed by atoms with van der Waals surface area (Å²) in [5, 5.41) is 0. The first-order valence-corrected chi connectivity index (χ1v) is 7.29. The molecule has 0 spiro atoms. The number of hydrogen-bond acceptors (Lipinski definition) is 2. The van der Waals surface area contributed by atoms with E-state index in [2.05, 4.69) is 71.4 Å². The molecule has 0 saturated carbocycles. The van der Waals surface area contributed by atoms with Gasteiger partial charge in [-0.05, 0) is 42.8 Å². The van der Waals surface area contributed by atoms with Gasteiger partial charge in [0.05, 0.1) is 0 Å². The summed E-state index contributed by atoms with van der Waals surface area (Å²) < 4.78 is 0. The second-order valence-corrected chi connectivity index (χ2v) is 5.55. The van der Waals surface area contributed by atoms with E-state index < -0.39 is 0 Å². The van der Waals surface area contributed by atoms with Crippen molar-refractivity contribution in [1.29, 1.82) is 0 Å². The Balaban J connectivity index is 1.73. The van der Waals surface area contributed by atoms with Crippen molar-refractivity contribution in [3.63, 3.8) is 0 Å². The van der Waals surface area contributed by atoms with E-state index in [1.165, 1.54) is 16.8 Å². The molecule has 20 heavy (non-hydrogen) atoms. The fourth-order valence-corrected chi connectivity index (χ4v) is 2.69. The van der Waals surface area contributed by atoms with Crippen molar-refractivity contribution in [3.8, 4) is 0 Å². The zero-order chi connectivity index (χ0) is 13.8. The van der Waals surface area contributed by atoms with E-state index in [4.69, 9.17) is 0 Å². The number of rotatable bonds is 3. The molecule has 2 nitrogen and oxygen atoms in total. The highest BCUT2D eigenvalue weighted by Gasteiger charge is 2.14. The van der Waals surface area contributed by atoms with E-state index >= 15 is 0 Å². The zero-order valence-electron chi connectivity index (χ0n) is 12.0. The van der Waals surface area contributed by atoms with Gasteiger partial charge in [0.2, 0.25) is 0 Å². The van der Waals surface area contributed by atoms with Gasteiger partial charge >= 0.3 is 0 Å². The molecule has 0 atom stereocenters. The van der Waals surface area contributed by atoms with Crippen LogP contribution in [0.1, 0.15) is 11.1 Å². The minimum absolute atomic E-state index is 0.985. The van der Waals surface area contributed by atoms with Crippen LogP contribution < -0.4 is 4.90 Å². The third-order valence-electron chi connectivity index (χ3n) is 3.95. The Morgan fingerprint density at radius 1 is 0.950 bits per heavy atom. The summed E-state index contributed by atoms with van der Waals surface area (Å²) in [4.78, 5) is 4.85. The Morgan fingerprint density at radius 3 is 2.45 bits per heavy atom. The van der Waals surface area contributed by atoms with E-state index in [1.807, 2.05) is 0 Å². The van der Waals surface area contributed by atoms with Crippen LogP contribution in [0.4, 0.5) is 5.69 Å². The fraction of sp³-hybridized carbons (Fsp3) is 0.333. The second kappa shape index (κ2) is 6.10. The lowest BCUT2D eigenvalue weighted by atomic mass is 10.0. The minimum atomic E-state index is 0.985. The van der Waals surface area contributed by atoms with Gasteiger partial charge in [-0.15, -0.1) is 0 Å². The predicted octanol–water partition coefficient (Wildman–Crippen LogP) is 2.83. The lowest BCUT2D eigenvalue weighted by Crippen LogP contribution is -2.44. The Kier molecular flexibility index (Phi) is 4.03. The third-order valence-corrected chi connectivity index (χ3v) is 3.95. The SMILES string of the molecule is CN1CCN(c2c[c]cc(Cc3ccccc3)c2)CC1. The zero-order valence-corrected chi connectivity index (χ0v) is 12.0. The van der Waals surface area contributed by atoms with E-state index in [1.54, 1.807) is 0 Å². The van der Waals surface area contributed by atoms with Crippen molar-refractivity contribution in [1.82, 2.24) is 4.90 Å². The highest BCUT2D eigenvalue weighted by atomic mass is 15.2. The van der Waals surface area contributed by atoms with Crippen LogP contribution in [-0.2, 0) is 6.42 Å². The van der Waals surface area contributed by atoms with Crippen LogP contribution in [0, 0.1) is 6.07 Å². The van der Waals surface area contributed by atoms with E-state index in [0.717, 1.165) is 32.6 Å². The van der Waals surface area contributed by atoms with Crippen molar-refractivity contribution in [2.45, 2.75) is 6.42 Å². The molecule has 0 aliphatic carbocycles. The Bertz CT molecular complexity index is 542. The van der Waals surface area contributed by atoms with E-state index in [-0.39, 0.29) is 0 Å². The molecule has 2 aromatic carbocycles. The number of anilines is 1. The Labute approximate surface area is 121 Å². The van der Waals surface area contributed by atoms with E-state index in [0.29, 0.717) is 0 Å². The molecule has 0 aromatic heterocycles. The van der Waals surface area contributed by atoms with Gasteiger partial charge in [-0.25, -0.2) is 0 Å². The summed E-state index contributed by atoms with van der Waals surface area (Å²) in [5.74, 6) is 0. The maximum atomic E-state index is 3.30. The molecular weight excluding hydrogens is 244 g/mol. The quantitative estimate of drug-likeness (QED) is 0.842. The van der Waals surface area contributed by atoms with Gasteiger partial charge in [0, 0.05) is 31.9 Å². The van der Waals surface area contributed by atoms with Gasteiger partial charge in [-0.1, -0.05) is 36.4 Å². The highest BCUT2D eigenvalue weighted by Crippen LogP contribution is 2.19. The van der Waals surface area contributed by atoms with Crippen LogP contribution in [0.25, 0.3) is 0 Å². The summed E-state index contributed by atoms with van der Waals surface area (Å²) >= 11 is 0. The Morgan fingerprint density at radius 2 is 1.70 bits per heavy atom. The molecule has 2 heteroatoms. The van der Waals surface area contributed by atoms with Crippen LogP contribution in [0.3, 0.4) is 0 Å². The standard InChI is InChI=1S/C18H21N2/c1-19-10-12-20(13-11-19)18-9-5-8-17(15-18)14-16-6-3-2-4-7-16/h2-4,6-9,15H,10-14H2,1H3. The fourth-order valence-electron chi connectivity index (χ4n) is 2.69.